The molecule has 5 atom stereocenters. The van der Waals surface area contributed by atoms with Gasteiger partial charge >= 0.3 is 0 Å². The molecule has 2 aliphatic heterocycles. The maximum atomic E-state index is 5.63. The van der Waals surface area contributed by atoms with Crippen LogP contribution in [0.3, 0.4) is 0 Å². The molecule has 3 heteroatoms. The number of hydrogen-bond donors (Lipinski definition) is 0. The van der Waals surface area contributed by atoms with E-state index in [-0.39, 0.29) is 23.2 Å². The Bertz CT molecular complexity index is 2300. The number of allylic oxidation sites excluding steroid dienone is 13. The maximum absolute atomic E-state index is 5.63. The molecule has 0 N–H and O–H groups in total. The quantitative estimate of drug-likeness (QED) is 0.214. The third-order valence-corrected chi connectivity index (χ3v) is 12.7. The average molecular weight is 637 g/mol. The van der Waals surface area contributed by atoms with Crippen molar-refractivity contribution in [3.05, 3.63) is 166 Å². The van der Waals surface area contributed by atoms with E-state index in [2.05, 4.69) is 147 Å². The molecule has 4 aliphatic carbocycles. The normalized spacial score (nSPS) is 27.8. The summed E-state index contributed by atoms with van der Waals surface area (Å²) >= 11 is 1.98. The minimum absolute atomic E-state index is 0.186. The van der Waals surface area contributed by atoms with E-state index in [0.29, 0.717) is 5.92 Å². The largest absolute Gasteiger partial charge is 0.261 e. The van der Waals surface area contributed by atoms with Crippen molar-refractivity contribution in [1.82, 2.24) is 0 Å². The van der Waals surface area contributed by atoms with Crippen LogP contribution in [0.1, 0.15) is 54.0 Å². The van der Waals surface area contributed by atoms with E-state index in [0.717, 1.165) is 24.9 Å². The van der Waals surface area contributed by atoms with Crippen molar-refractivity contribution < 1.29 is 0 Å². The predicted molar refractivity (Wildman–Crippen MR) is 203 cm³/mol. The van der Waals surface area contributed by atoms with E-state index >= 15 is 0 Å². The van der Waals surface area contributed by atoms with E-state index in [9.17, 15) is 0 Å². The number of para-hydroxylation sites is 1. The van der Waals surface area contributed by atoms with Crippen LogP contribution in [-0.2, 0) is 0 Å². The van der Waals surface area contributed by atoms with Crippen LogP contribution in [0.2, 0.25) is 0 Å². The number of nitrogens with zero attached hydrogens (tertiary/aromatic N) is 2. The molecule has 0 amide bonds. The van der Waals surface area contributed by atoms with Crippen molar-refractivity contribution in [3.8, 4) is 11.1 Å². The molecule has 0 saturated heterocycles. The van der Waals surface area contributed by atoms with E-state index in [1.807, 2.05) is 11.3 Å². The minimum atomic E-state index is -0.225. The summed E-state index contributed by atoms with van der Waals surface area (Å²) < 4.78 is 1.34. The highest BCUT2D eigenvalue weighted by Crippen LogP contribution is 2.55. The van der Waals surface area contributed by atoms with Gasteiger partial charge in [0, 0.05) is 55.5 Å². The number of hydrogen-bond acceptors (Lipinski definition) is 3. The third-order valence-electron chi connectivity index (χ3n) is 11.4. The first-order chi connectivity index (χ1) is 23.7. The van der Waals surface area contributed by atoms with Gasteiger partial charge in [-0.05, 0) is 77.8 Å². The molecule has 0 fully saturated rings. The molecule has 0 bridgehead atoms. The Kier molecular flexibility index (Phi) is 6.36. The van der Waals surface area contributed by atoms with Crippen molar-refractivity contribution in [2.45, 2.75) is 38.0 Å². The van der Waals surface area contributed by atoms with Crippen molar-refractivity contribution in [1.29, 1.82) is 0 Å². The van der Waals surface area contributed by atoms with Gasteiger partial charge in [-0.25, -0.2) is 0 Å². The highest BCUT2D eigenvalue weighted by Gasteiger charge is 2.46. The lowest BCUT2D eigenvalue weighted by atomic mass is 9.62. The van der Waals surface area contributed by atoms with Crippen molar-refractivity contribution in [2.24, 2.45) is 27.2 Å². The molecule has 10 rings (SSSR count). The second-order valence-electron chi connectivity index (χ2n) is 14.1. The monoisotopic (exact) mass is 636 g/mol. The summed E-state index contributed by atoms with van der Waals surface area (Å²) in [6, 6.07) is 26.6. The fraction of sp³-hybridized carbons (Fsp3) is 0.200. The SMILES string of the molecule is CC12C=CC=C[C@H]1c1ccccc1N=C2C1=Cc2c(sc3cc(-c4ccccc4)ccc23)C(C2=NC3=C(C=CCC3)C3C=CC=CC23)C1. The summed E-state index contributed by atoms with van der Waals surface area (Å²) in [5.41, 5.74) is 12.6. The second-order valence-corrected chi connectivity index (χ2v) is 15.2. The van der Waals surface area contributed by atoms with E-state index < -0.39 is 0 Å². The first-order valence-corrected chi connectivity index (χ1v) is 18.2. The van der Waals surface area contributed by atoms with Gasteiger partial charge in [-0.15, -0.1) is 11.3 Å². The van der Waals surface area contributed by atoms with Gasteiger partial charge in [-0.2, -0.15) is 0 Å². The van der Waals surface area contributed by atoms with E-state index in [1.54, 1.807) is 0 Å². The van der Waals surface area contributed by atoms with E-state index in [4.69, 9.17) is 9.98 Å². The smallest absolute Gasteiger partial charge is 0.0671 e. The van der Waals surface area contributed by atoms with Crippen LogP contribution < -0.4 is 0 Å². The fourth-order valence-electron chi connectivity index (χ4n) is 9.02. The van der Waals surface area contributed by atoms with Crippen LogP contribution in [0.5, 0.6) is 0 Å². The molecule has 3 aromatic carbocycles. The van der Waals surface area contributed by atoms with Crippen molar-refractivity contribution in [2.75, 3.05) is 0 Å². The van der Waals surface area contributed by atoms with Gasteiger partial charge in [-0.1, -0.05) is 121 Å². The lowest BCUT2D eigenvalue weighted by Gasteiger charge is -2.43. The Morgan fingerprint density at radius 2 is 1.65 bits per heavy atom. The molecule has 2 nitrogen and oxygen atoms in total. The van der Waals surface area contributed by atoms with Crippen LogP contribution in [-0.4, -0.2) is 11.4 Å². The minimum Gasteiger partial charge on any atom is -0.261 e. The van der Waals surface area contributed by atoms with Gasteiger partial charge < -0.3 is 0 Å². The Balaban J connectivity index is 1.19. The summed E-state index contributed by atoms with van der Waals surface area (Å²) in [6.45, 7) is 2.39. The van der Waals surface area contributed by atoms with Crippen molar-refractivity contribution in [3.63, 3.8) is 0 Å². The molecule has 1 aromatic heterocycles. The molecule has 48 heavy (non-hydrogen) atoms. The van der Waals surface area contributed by atoms with Gasteiger partial charge in [0.2, 0.25) is 0 Å². The Labute approximate surface area is 286 Å². The number of rotatable bonds is 3. The first kappa shape index (κ1) is 28.2. The molecular formula is C45H36N2S. The summed E-state index contributed by atoms with van der Waals surface area (Å²) in [5.74, 6) is 1.04. The lowest BCUT2D eigenvalue weighted by Crippen LogP contribution is -2.38. The fourth-order valence-corrected chi connectivity index (χ4v) is 10.4. The molecule has 232 valence electrons. The molecule has 0 radical (unpaired) electrons. The average Bonchev–Trinajstić information content (AvgIpc) is 3.52. The Morgan fingerprint density at radius 3 is 2.56 bits per heavy atom. The third kappa shape index (κ3) is 4.23. The topological polar surface area (TPSA) is 24.7 Å². The van der Waals surface area contributed by atoms with Crippen LogP contribution in [0.4, 0.5) is 5.69 Å². The standard InChI is InChI=1S/C45H36N2S/c1-45-24-12-11-19-38(45)35-18-8-10-21-40(35)47-44(45)30-25-36-33-23-22-29(28-13-3-2-4-14-28)27-41(33)48-43(36)37(26-30)42-34-17-6-5-15-31(34)32-16-7-9-20-39(32)46-42/h2-8,10-19,21-25,27,31,34,37-38H,9,20,26H2,1H3/t31?,34?,37?,38-,45?/m0/s1. The number of fused-ring (bicyclic) bond motifs is 8. The summed E-state index contributed by atoms with van der Waals surface area (Å²) in [7, 11) is 0. The van der Waals surface area contributed by atoms with Crippen LogP contribution in [0, 0.1) is 17.3 Å². The van der Waals surface area contributed by atoms with Crippen LogP contribution >= 0.6 is 11.3 Å². The van der Waals surface area contributed by atoms with Gasteiger partial charge in [0.25, 0.3) is 0 Å². The van der Waals surface area contributed by atoms with Gasteiger partial charge in [0.15, 0.2) is 0 Å². The Morgan fingerprint density at radius 1 is 0.812 bits per heavy atom. The summed E-state index contributed by atoms with van der Waals surface area (Å²) in [4.78, 5) is 12.6. The van der Waals surface area contributed by atoms with Crippen LogP contribution in [0.15, 0.2) is 160 Å². The van der Waals surface area contributed by atoms with Crippen LogP contribution in [0.25, 0.3) is 27.3 Å². The number of aliphatic imine (C=N–C) groups is 2. The highest BCUT2D eigenvalue weighted by molar-refractivity contribution is 7.19. The molecular weight excluding hydrogens is 601 g/mol. The zero-order valence-electron chi connectivity index (χ0n) is 27.0. The van der Waals surface area contributed by atoms with E-state index in [1.165, 1.54) is 65.5 Å². The second kappa shape index (κ2) is 10.8. The molecule has 4 aromatic rings. The first-order valence-electron chi connectivity index (χ1n) is 17.4. The molecule has 4 unspecified atom stereocenters. The van der Waals surface area contributed by atoms with Gasteiger partial charge in [0.05, 0.1) is 11.4 Å². The predicted octanol–water partition coefficient (Wildman–Crippen LogP) is 11.9. The molecule has 0 spiro atoms. The lowest BCUT2D eigenvalue weighted by molar-refractivity contribution is 0.513. The maximum Gasteiger partial charge on any atom is 0.0671 e. The van der Waals surface area contributed by atoms with Gasteiger partial charge in [-0.3, -0.25) is 9.98 Å². The zero-order chi connectivity index (χ0) is 31.8. The zero-order valence-corrected chi connectivity index (χ0v) is 27.8. The number of thiophene rings is 1. The highest BCUT2D eigenvalue weighted by atomic mass is 32.1. The van der Waals surface area contributed by atoms with Gasteiger partial charge in [0.1, 0.15) is 0 Å². The summed E-state index contributed by atoms with van der Waals surface area (Å²) in [5, 5.41) is 1.34. The number of benzene rings is 3. The summed E-state index contributed by atoms with van der Waals surface area (Å²) in [6.07, 6.45) is 28.7. The molecule has 3 heterocycles. The molecule has 6 aliphatic rings. The molecule has 0 saturated carbocycles. The Hall–Kier alpha value is -4.86. The van der Waals surface area contributed by atoms with Crippen molar-refractivity contribution >= 4 is 44.6 Å².